The lowest BCUT2D eigenvalue weighted by atomic mass is 9.85. The van der Waals surface area contributed by atoms with Crippen LogP contribution < -0.4 is 4.90 Å². The number of anilines is 1. The highest BCUT2D eigenvalue weighted by Crippen LogP contribution is 2.43. The number of H-pyrrole nitrogens is 1. The van der Waals surface area contributed by atoms with Crippen molar-refractivity contribution in [2.75, 3.05) is 44.2 Å². The number of pyridine rings is 1. The Morgan fingerprint density at radius 3 is 2.55 bits per heavy atom. The molecule has 250 valence electrons. The van der Waals surface area contributed by atoms with Gasteiger partial charge in [0.1, 0.15) is 17.7 Å². The molecular formula is C36H35F2N9O2. The summed E-state index contributed by atoms with van der Waals surface area (Å²) in [5.41, 5.74) is 5.04. The summed E-state index contributed by atoms with van der Waals surface area (Å²) in [7, 11) is 1.85. The van der Waals surface area contributed by atoms with Gasteiger partial charge in [-0.2, -0.15) is 10.2 Å². The Kier molecular flexibility index (Phi) is 7.78. The zero-order valence-electron chi connectivity index (χ0n) is 27.0. The number of hydrogen-bond donors (Lipinski definition) is 1. The van der Waals surface area contributed by atoms with E-state index in [4.69, 9.17) is 0 Å². The van der Waals surface area contributed by atoms with Crippen LogP contribution in [0.5, 0.6) is 0 Å². The second-order valence-electron chi connectivity index (χ2n) is 13.2. The summed E-state index contributed by atoms with van der Waals surface area (Å²) in [6.07, 6.45) is 4.68. The van der Waals surface area contributed by atoms with Gasteiger partial charge in [0.2, 0.25) is 11.8 Å². The molecule has 0 saturated carbocycles. The SMILES string of the molecule is Cn1cnc(-c2ccc(C3=CCN(C(=O)CN4CCC5(CCN(c6ccc7[nH]nc(-c8ccnc(C(F)F)c8)c7c6)C5=O)C4)CC3)cc2)n1. The number of aryl methyl sites for hydroxylation is 1. The Labute approximate surface area is 281 Å². The summed E-state index contributed by atoms with van der Waals surface area (Å²) in [5.74, 6) is 0.835. The van der Waals surface area contributed by atoms with Gasteiger partial charge in [-0.15, -0.1) is 0 Å². The number of nitrogens with zero attached hydrogens (tertiary/aromatic N) is 8. The number of likely N-dealkylation sites (tertiary alicyclic amines) is 1. The highest BCUT2D eigenvalue weighted by atomic mass is 19.3. The van der Waals surface area contributed by atoms with Crippen molar-refractivity contribution in [3.8, 4) is 22.6 Å². The van der Waals surface area contributed by atoms with Gasteiger partial charge >= 0.3 is 0 Å². The second kappa shape index (κ2) is 12.3. The highest BCUT2D eigenvalue weighted by molar-refractivity contribution is 6.03. The number of carbonyl (C=O) groups is 2. The minimum Gasteiger partial charge on any atom is -0.338 e. The van der Waals surface area contributed by atoms with Gasteiger partial charge in [0, 0.05) is 61.6 Å². The van der Waals surface area contributed by atoms with Gasteiger partial charge in [0.25, 0.3) is 6.43 Å². The van der Waals surface area contributed by atoms with E-state index in [0.29, 0.717) is 69.2 Å². The fourth-order valence-corrected chi connectivity index (χ4v) is 7.40. The molecule has 5 aromatic rings. The van der Waals surface area contributed by atoms with Crippen LogP contribution in [0.4, 0.5) is 14.5 Å². The normalized spacial score (nSPS) is 19.9. The molecule has 11 nitrogen and oxygen atoms in total. The number of aromatic amines is 1. The smallest absolute Gasteiger partial charge is 0.280 e. The molecule has 49 heavy (non-hydrogen) atoms. The third kappa shape index (κ3) is 5.77. The van der Waals surface area contributed by atoms with Gasteiger partial charge in [-0.3, -0.25) is 29.3 Å². The topological polar surface area (TPSA) is 116 Å². The lowest BCUT2D eigenvalue weighted by Crippen LogP contribution is -2.43. The average molecular weight is 664 g/mol. The zero-order chi connectivity index (χ0) is 33.7. The van der Waals surface area contributed by atoms with Gasteiger partial charge < -0.3 is 9.80 Å². The maximum Gasteiger partial charge on any atom is 0.280 e. The number of alkyl halides is 2. The van der Waals surface area contributed by atoms with E-state index in [1.165, 1.54) is 17.8 Å². The molecule has 1 atom stereocenters. The van der Waals surface area contributed by atoms with Gasteiger partial charge in [0.15, 0.2) is 5.82 Å². The van der Waals surface area contributed by atoms with E-state index in [1.54, 1.807) is 17.1 Å². The van der Waals surface area contributed by atoms with E-state index in [1.807, 2.05) is 47.2 Å². The van der Waals surface area contributed by atoms with Crippen LogP contribution in [0.1, 0.15) is 36.9 Å². The van der Waals surface area contributed by atoms with Crippen LogP contribution in [-0.4, -0.2) is 90.8 Å². The van der Waals surface area contributed by atoms with E-state index in [0.717, 1.165) is 34.1 Å². The molecule has 0 bridgehead atoms. The molecule has 1 unspecified atom stereocenters. The average Bonchev–Trinajstić information content (AvgIpc) is 3.92. The minimum absolute atomic E-state index is 0.0612. The van der Waals surface area contributed by atoms with Crippen LogP contribution >= 0.6 is 0 Å². The van der Waals surface area contributed by atoms with Crippen molar-refractivity contribution in [2.45, 2.75) is 25.7 Å². The molecule has 8 rings (SSSR count). The van der Waals surface area contributed by atoms with Crippen LogP contribution in [0.25, 0.3) is 39.1 Å². The Bertz CT molecular complexity index is 2090. The lowest BCUT2D eigenvalue weighted by molar-refractivity contribution is -0.132. The first kappa shape index (κ1) is 31.0. The standard InChI is InChI=1S/C36H35F2N9O2/c1-44-22-40-34(43-44)25-4-2-23(3-5-25)24-9-14-46(15-10-24)31(48)20-45-16-11-36(21-45)12-17-47(35(36)49)27-6-7-29-28(19-27)32(42-41-29)26-8-13-39-30(18-26)33(37)38/h2-9,13,18-19,22,33H,10-12,14-17,20-21H2,1H3,(H,41,42). The highest BCUT2D eigenvalue weighted by Gasteiger charge is 2.51. The van der Waals surface area contributed by atoms with Gasteiger partial charge in [-0.1, -0.05) is 30.3 Å². The molecule has 3 aromatic heterocycles. The van der Waals surface area contributed by atoms with Crippen molar-refractivity contribution >= 4 is 34.0 Å². The van der Waals surface area contributed by atoms with E-state index >= 15 is 0 Å². The molecule has 2 fully saturated rings. The molecule has 2 saturated heterocycles. The molecule has 2 amide bonds. The first-order chi connectivity index (χ1) is 23.8. The largest absolute Gasteiger partial charge is 0.338 e. The number of hydrogen-bond acceptors (Lipinski definition) is 7. The van der Waals surface area contributed by atoms with E-state index in [-0.39, 0.29) is 17.5 Å². The quantitative estimate of drug-likeness (QED) is 0.258. The molecule has 0 radical (unpaired) electrons. The first-order valence-corrected chi connectivity index (χ1v) is 16.5. The number of fused-ring (bicyclic) bond motifs is 1. The summed E-state index contributed by atoms with van der Waals surface area (Å²) in [6.45, 7) is 3.32. The summed E-state index contributed by atoms with van der Waals surface area (Å²) in [4.78, 5) is 41.2. The van der Waals surface area contributed by atoms with Gasteiger partial charge in [0.05, 0.1) is 17.5 Å². The molecule has 3 aliphatic rings. The Morgan fingerprint density at radius 1 is 0.980 bits per heavy atom. The van der Waals surface area contributed by atoms with Crippen molar-refractivity contribution < 1.29 is 18.4 Å². The molecule has 2 aromatic carbocycles. The fourth-order valence-electron chi connectivity index (χ4n) is 7.40. The van der Waals surface area contributed by atoms with E-state index in [9.17, 15) is 18.4 Å². The lowest BCUT2D eigenvalue weighted by Gasteiger charge is -2.29. The molecule has 1 spiro atoms. The molecule has 6 heterocycles. The van der Waals surface area contributed by atoms with Gasteiger partial charge in [-0.25, -0.2) is 13.8 Å². The number of halogens is 2. The van der Waals surface area contributed by atoms with E-state index < -0.39 is 11.8 Å². The number of carbonyl (C=O) groups excluding carboxylic acids is 2. The molecule has 3 aliphatic heterocycles. The van der Waals surface area contributed by atoms with Crippen LogP contribution in [0, 0.1) is 5.41 Å². The zero-order valence-corrected chi connectivity index (χ0v) is 27.0. The number of benzene rings is 2. The fraction of sp³-hybridized carbons (Fsp3) is 0.333. The van der Waals surface area contributed by atoms with Crippen LogP contribution in [0.3, 0.4) is 0 Å². The Balaban J connectivity index is 0.899. The first-order valence-electron chi connectivity index (χ1n) is 16.5. The van der Waals surface area contributed by atoms with Crippen molar-refractivity contribution in [1.29, 1.82) is 0 Å². The van der Waals surface area contributed by atoms with Crippen molar-refractivity contribution in [1.82, 2.24) is 39.7 Å². The van der Waals surface area contributed by atoms with Crippen molar-refractivity contribution in [3.05, 3.63) is 84.5 Å². The monoisotopic (exact) mass is 663 g/mol. The summed E-state index contributed by atoms with van der Waals surface area (Å²) in [6, 6.07) is 16.9. The minimum atomic E-state index is -2.68. The van der Waals surface area contributed by atoms with E-state index in [2.05, 4.69) is 48.4 Å². The predicted octanol–water partition coefficient (Wildman–Crippen LogP) is 5.10. The molecule has 1 N–H and O–H groups in total. The third-order valence-electron chi connectivity index (χ3n) is 10.1. The van der Waals surface area contributed by atoms with Gasteiger partial charge in [-0.05, 0) is 67.3 Å². The second-order valence-corrected chi connectivity index (χ2v) is 13.2. The molecular weight excluding hydrogens is 628 g/mol. The summed E-state index contributed by atoms with van der Waals surface area (Å²) >= 11 is 0. The number of aromatic nitrogens is 6. The summed E-state index contributed by atoms with van der Waals surface area (Å²) < 4.78 is 28.3. The maximum atomic E-state index is 14.0. The van der Waals surface area contributed by atoms with Crippen molar-refractivity contribution in [2.24, 2.45) is 12.5 Å². The number of amides is 2. The Hall–Kier alpha value is -5.30. The molecule has 0 aliphatic carbocycles. The van der Waals surface area contributed by atoms with Crippen LogP contribution in [0.2, 0.25) is 0 Å². The third-order valence-corrected chi connectivity index (χ3v) is 10.1. The number of nitrogens with one attached hydrogen (secondary N) is 1. The van der Waals surface area contributed by atoms with Crippen LogP contribution in [0.15, 0.2) is 73.2 Å². The number of rotatable bonds is 7. The van der Waals surface area contributed by atoms with Crippen molar-refractivity contribution in [3.63, 3.8) is 0 Å². The molecule has 13 heteroatoms. The summed E-state index contributed by atoms with van der Waals surface area (Å²) in [5, 5.41) is 12.5. The predicted molar refractivity (Wildman–Crippen MR) is 180 cm³/mol. The Morgan fingerprint density at radius 2 is 1.80 bits per heavy atom. The maximum absolute atomic E-state index is 14.0. The van der Waals surface area contributed by atoms with Crippen LogP contribution in [-0.2, 0) is 16.6 Å².